The molecule has 2 N–H and O–H groups in total. The van der Waals surface area contributed by atoms with E-state index in [4.69, 9.17) is 5.26 Å². The summed E-state index contributed by atoms with van der Waals surface area (Å²) in [4.78, 5) is 11.1. The summed E-state index contributed by atoms with van der Waals surface area (Å²) >= 11 is 0. The number of fused-ring (bicyclic) bond motifs is 1. The molecule has 4 rings (SSSR count). The highest BCUT2D eigenvalue weighted by molar-refractivity contribution is 5.89. The number of nitrogens with one attached hydrogen (secondary N) is 1. The molecule has 2 fully saturated rings. The predicted octanol–water partition coefficient (Wildman–Crippen LogP) is 2.29. The van der Waals surface area contributed by atoms with E-state index in [2.05, 4.69) is 26.3 Å². The Balaban J connectivity index is 1.43. The zero-order valence-electron chi connectivity index (χ0n) is 14.2. The van der Waals surface area contributed by atoms with Crippen LogP contribution in [0.3, 0.4) is 0 Å². The molecule has 1 atom stereocenters. The predicted molar refractivity (Wildman–Crippen MR) is 96.1 cm³/mol. The molecule has 6 nitrogen and oxygen atoms in total. The highest BCUT2D eigenvalue weighted by Crippen LogP contribution is 2.29. The van der Waals surface area contributed by atoms with Gasteiger partial charge in [-0.25, -0.2) is 9.97 Å². The van der Waals surface area contributed by atoms with Crippen LogP contribution in [0, 0.1) is 11.3 Å². The molecule has 0 bridgehead atoms. The highest BCUT2D eigenvalue weighted by atomic mass is 16.3. The number of aliphatic hydroxyl groups excluding tert-OH is 1. The number of nitriles is 1. The van der Waals surface area contributed by atoms with Crippen molar-refractivity contribution in [3.8, 4) is 6.07 Å². The summed E-state index contributed by atoms with van der Waals surface area (Å²) in [7, 11) is 0. The van der Waals surface area contributed by atoms with Crippen molar-refractivity contribution in [2.45, 2.75) is 50.3 Å². The van der Waals surface area contributed by atoms with Crippen molar-refractivity contribution in [3.63, 3.8) is 0 Å². The Morgan fingerprint density at radius 1 is 1.16 bits per heavy atom. The van der Waals surface area contributed by atoms with Crippen LogP contribution < -0.4 is 5.32 Å². The number of nitrogens with zero attached hydrogens (tertiary/aromatic N) is 4. The second kappa shape index (κ2) is 6.95. The zero-order chi connectivity index (χ0) is 17.2. The monoisotopic (exact) mass is 337 g/mol. The average Bonchev–Trinajstić information content (AvgIpc) is 3.09. The molecule has 6 heteroatoms. The Morgan fingerprint density at radius 3 is 2.72 bits per heavy atom. The number of likely N-dealkylation sites (tertiary alicyclic amines) is 1. The van der Waals surface area contributed by atoms with E-state index in [0.29, 0.717) is 17.6 Å². The SMILES string of the molecule is N#Cc1ccc2ncnc(N[C@H]3CC[C@H](N4CC[C@@H](O)C4)CC3)c2c1. The van der Waals surface area contributed by atoms with Gasteiger partial charge >= 0.3 is 0 Å². The molecule has 0 amide bonds. The molecular weight excluding hydrogens is 314 g/mol. The summed E-state index contributed by atoms with van der Waals surface area (Å²) < 4.78 is 0. The van der Waals surface area contributed by atoms with Gasteiger partial charge in [-0.3, -0.25) is 4.90 Å². The van der Waals surface area contributed by atoms with E-state index in [1.807, 2.05) is 12.1 Å². The van der Waals surface area contributed by atoms with Gasteiger partial charge in [-0.05, 0) is 50.3 Å². The maximum atomic E-state index is 9.73. The van der Waals surface area contributed by atoms with Crippen molar-refractivity contribution >= 4 is 16.7 Å². The lowest BCUT2D eigenvalue weighted by atomic mass is 9.90. The largest absolute Gasteiger partial charge is 0.392 e. The van der Waals surface area contributed by atoms with Gasteiger partial charge in [-0.15, -0.1) is 0 Å². The molecule has 1 aliphatic heterocycles. The third-order valence-electron chi connectivity index (χ3n) is 5.51. The van der Waals surface area contributed by atoms with Gasteiger partial charge in [0.2, 0.25) is 0 Å². The molecule has 1 aliphatic carbocycles. The first kappa shape index (κ1) is 16.2. The number of rotatable bonds is 3. The molecule has 0 spiro atoms. The number of hydrogen-bond acceptors (Lipinski definition) is 6. The fourth-order valence-electron chi connectivity index (χ4n) is 4.12. The summed E-state index contributed by atoms with van der Waals surface area (Å²) in [6, 6.07) is 8.69. The number of aromatic nitrogens is 2. The average molecular weight is 337 g/mol. The molecule has 0 unspecified atom stereocenters. The summed E-state index contributed by atoms with van der Waals surface area (Å²) in [6.07, 6.45) is 6.84. The Bertz CT molecular complexity index is 794. The minimum absolute atomic E-state index is 0.141. The molecule has 130 valence electrons. The number of aliphatic hydroxyl groups is 1. The number of benzene rings is 1. The van der Waals surface area contributed by atoms with E-state index in [9.17, 15) is 5.11 Å². The summed E-state index contributed by atoms with van der Waals surface area (Å²) in [5, 5.41) is 23.3. The van der Waals surface area contributed by atoms with Gasteiger partial charge in [0, 0.05) is 30.6 Å². The van der Waals surface area contributed by atoms with E-state index in [-0.39, 0.29) is 6.10 Å². The summed E-state index contributed by atoms with van der Waals surface area (Å²) in [6.45, 7) is 1.85. The molecule has 1 saturated heterocycles. The van der Waals surface area contributed by atoms with Crippen LogP contribution in [0.2, 0.25) is 0 Å². The first-order chi connectivity index (χ1) is 12.2. The second-order valence-electron chi connectivity index (χ2n) is 7.15. The molecule has 1 aromatic heterocycles. The maximum Gasteiger partial charge on any atom is 0.137 e. The fourth-order valence-corrected chi connectivity index (χ4v) is 4.12. The van der Waals surface area contributed by atoms with Crippen LogP contribution in [0.15, 0.2) is 24.5 Å². The molecule has 2 aliphatic rings. The quantitative estimate of drug-likeness (QED) is 0.894. The van der Waals surface area contributed by atoms with Crippen LogP contribution in [0.25, 0.3) is 10.9 Å². The number of β-amino-alcohol motifs (C(OH)–C–C–N with tert-alkyl or cyclic N) is 1. The van der Waals surface area contributed by atoms with Crippen LogP contribution >= 0.6 is 0 Å². The van der Waals surface area contributed by atoms with Crippen molar-refractivity contribution in [2.24, 2.45) is 0 Å². The van der Waals surface area contributed by atoms with E-state index in [0.717, 1.165) is 61.9 Å². The maximum absolute atomic E-state index is 9.73. The van der Waals surface area contributed by atoms with Gasteiger partial charge in [-0.2, -0.15) is 5.26 Å². The first-order valence-corrected chi connectivity index (χ1v) is 9.06. The Labute approximate surface area is 147 Å². The van der Waals surface area contributed by atoms with Crippen molar-refractivity contribution in [2.75, 3.05) is 18.4 Å². The molecular formula is C19H23N5O. The molecule has 0 radical (unpaired) electrons. The molecule has 1 saturated carbocycles. The Hall–Kier alpha value is -2.23. The van der Waals surface area contributed by atoms with Crippen LogP contribution in [0.1, 0.15) is 37.7 Å². The lowest BCUT2D eigenvalue weighted by Gasteiger charge is -2.35. The van der Waals surface area contributed by atoms with Crippen LogP contribution in [0.5, 0.6) is 0 Å². The van der Waals surface area contributed by atoms with Crippen molar-refractivity contribution in [1.29, 1.82) is 5.26 Å². The highest BCUT2D eigenvalue weighted by Gasteiger charge is 2.30. The van der Waals surface area contributed by atoms with E-state index in [1.54, 1.807) is 12.4 Å². The van der Waals surface area contributed by atoms with E-state index < -0.39 is 0 Å². The number of hydrogen-bond donors (Lipinski definition) is 2. The molecule has 1 aromatic carbocycles. The topological polar surface area (TPSA) is 85.1 Å². The smallest absolute Gasteiger partial charge is 0.137 e. The standard InChI is InChI=1S/C19H23N5O/c20-10-13-1-6-18-17(9-13)19(22-12-21-18)23-14-2-4-15(5-3-14)24-8-7-16(25)11-24/h1,6,9,12,14-16,25H,2-5,7-8,11H2,(H,21,22,23)/t14-,15-,16-/m1/s1. The Kier molecular flexibility index (Phi) is 4.51. The molecule has 25 heavy (non-hydrogen) atoms. The second-order valence-corrected chi connectivity index (χ2v) is 7.15. The first-order valence-electron chi connectivity index (χ1n) is 9.06. The van der Waals surface area contributed by atoms with Gasteiger partial charge in [0.05, 0.1) is 23.3 Å². The van der Waals surface area contributed by atoms with E-state index in [1.165, 1.54) is 0 Å². The minimum Gasteiger partial charge on any atom is -0.392 e. The lowest BCUT2D eigenvalue weighted by molar-refractivity contribution is 0.140. The zero-order valence-corrected chi connectivity index (χ0v) is 14.2. The summed E-state index contributed by atoms with van der Waals surface area (Å²) in [5.41, 5.74) is 1.48. The van der Waals surface area contributed by atoms with Gasteiger partial charge in [0.1, 0.15) is 12.1 Å². The van der Waals surface area contributed by atoms with Crippen LogP contribution in [-0.2, 0) is 0 Å². The normalized spacial score (nSPS) is 27.3. The Morgan fingerprint density at radius 2 is 2.00 bits per heavy atom. The van der Waals surface area contributed by atoms with E-state index >= 15 is 0 Å². The van der Waals surface area contributed by atoms with Crippen LogP contribution in [0.4, 0.5) is 5.82 Å². The fraction of sp³-hybridized carbons (Fsp3) is 0.526. The van der Waals surface area contributed by atoms with Gasteiger partial charge < -0.3 is 10.4 Å². The van der Waals surface area contributed by atoms with Crippen molar-refractivity contribution in [1.82, 2.24) is 14.9 Å². The van der Waals surface area contributed by atoms with Gasteiger partial charge in [0.15, 0.2) is 0 Å². The van der Waals surface area contributed by atoms with Crippen molar-refractivity contribution < 1.29 is 5.11 Å². The van der Waals surface area contributed by atoms with Gasteiger partial charge in [0.25, 0.3) is 0 Å². The molecule has 2 heterocycles. The minimum atomic E-state index is -0.141. The number of anilines is 1. The van der Waals surface area contributed by atoms with Gasteiger partial charge in [-0.1, -0.05) is 0 Å². The third kappa shape index (κ3) is 3.44. The van der Waals surface area contributed by atoms with Crippen LogP contribution in [-0.4, -0.2) is 51.3 Å². The summed E-state index contributed by atoms with van der Waals surface area (Å²) in [5.74, 6) is 0.821. The third-order valence-corrected chi connectivity index (χ3v) is 5.51. The molecule has 2 aromatic rings. The van der Waals surface area contributed by atoms with Crippen molar-refractivity contribution in [3.05, 3.63) is 30.1 Å². The lowest BCUT2D eigenvalue weighted by Crippen LogP contribution is -2.39.